The van der Waals surface area contributed by atoms with Crippen LogP contribution in [0.15, 0.2) is 78.9 Å². The summed E-state index contributed by atoms with van der Waals surface area (Å²) in [4.78, 5) is 29.5. The number of para-hydroxylation sites is 1. The fourth-order valence-electron chi connectivity index (χ4n) is 4.37. The number of rotatable bonds is 8. The highest BCUT2D eigenvalue weighted by atomic mass is 16.5. The summed E-state index contributed by atoms with van der Waals surface area (Å²) in [5, 5.41) is 5.72. The SMILES string of the molecule is CCC(C)(C)C(=O)N(C)C1CCN(c2ccc(NC(=O)Nc3ccc(Oc4ccccc4)cc3)cc2)C1. The van der Waals surface area contributed by atoms with E-state index in [1.165, 1.54) is 0 Å². The largest absolute Gasteiger partial charge is 0.457 e. The average Bonchev–Trinajstić information content (AvgIpc) is 3.40. The van der Waals surface area contributed by atoms with Gasteiger partial charge in [0.1, 0.15) is 11.5 Å². The molecule has 1 saturated heterocycles. The maximum atomic E-state index is 12.9. The Morgan fingerprint density at radius 3 is 2.08 bits per heavy atom. The zero-order valence-corrected chi connectivity index (χ0v) is 22.0. The minimum Gasteiger partial charge on any atom is -0.457 e. The molecule has 7 nitrogen and oxygen atoms in total. The molecule has 1 aliphatic heterocycles. The molecule has 2 N–H and O–H groups in total. The Kier molecular flexibility index (Phi) is 8.01. The maximum Gasteiger partial charge on any atom is 0.323 e. The molecule has 1 atom stereocenters. The summed E-state index contributed by atoms with van der Waals surface area (Å²) in [5.74, 6) is 1.65. The monoisotopic (exact) mass is 500 g/mol. The second-order valence-corrected chi connectivity index (χ2v) is 10.1. The van der Waals surface area contributed by atoms with Crippen LogP contribution in [-0.4, -0.2) is 43.0 Å². The number of likely N-dealkylation sites (N-methyl/N-ethyl adjacent to an activating group) is 1. The lowest BCUT2D eigenvalue weighted by molar-refractivity contribution is -0.140. The van der Waals surface area contributed by atoms with Gasteiger partial charge in [0.2, 0.25) is 5.91 Å². The van der Waals surface area contributed by atoms with Crippen LogP contribution in [0.2, 0.25) is 0 Å². The first-order valence-corrected chi connectivity index (χ1v) is 12.8. The lowest BCUT2D eigenvalue weighted by Gasteiger charge is -2.32. The van der Waals surface area contributed by atoms with E-state index in [0.717, 1.165) is 37.4 Å². The summed E-state index contributed by atoms with van der Waals surface area (Å²) in [6, 6.07) is 24.5. The summed E-state index contributed by atoms with van der Waals surface area (Å²) < 4.78 is 5.79. The number of anilines is 3. The van der Waals surface area contributed by atoms with Crippen molar-refractivity contribution in [3.05, 3.63) is 78.9 Å². The topological polar surface area (TPSA) is 73.9 Å². The van der Waals surface area contributed by atoms with E-state index in [1.54, 1.807) is 12.1 Å². The quantitative estimate of drug-likeness (QED) is 0.366. The number of hydrogen-bond donors (Lipinski definition) is 2. The first kappa shape index (κ1) is 26.1. The third-order valence-corrected chi connectivity index (χ3v) is 7.08. The lowest BCUT2D eigenvalue weighted by Crippen LogP contribution is -2.45. The number of carbonyl (C=O) groups excluding carboxylic acids is 2. The molecule has 7 heteroatoms. The standard InChI is InChI=1S/C30H36N4O3/c1-5-30(2,3)28(35)33(4)25-19-20-34(21-25)24-15-11-22(12-16-24)31-29(36)32-23-13-17-27(18-14-23)37-26-9-7-6-8-10-26/h6-18,25H,5,19-21H2,1-4H3,(H2,31,32,36). The molecule has 1 fully saturated rings. The third kappa shape index (κ3) is 6.61. The molecule has 1 unspecified atom stereocenters. The molecule has 4 rings (SSSR count). The van der Waals surface area contributed by atoms with Crippen LogP contribution >= 0.6 is 0 Å². The van der Waals surface area contributed by atoms with Gasteiger partial charge in [0.15, 0.2) is 0 Å². The minimum absolute atomic E-state index is 0.200. The van der Waals surface area contributed by atoms with Gasteiger partial charge < -0.3 is 25.2 Å². The van der Waals surface area contributed by atoms with Gasteiger partial charge in [-0.3, -0.25) is 4.79 Å². The highest BCUT2D eigenvalue weighted by molar-refractivity contribution is 5.99. The van der Waals surface area contributed by atoms with Crippen LogP contribution in [0.4, 0.5) is 21.9 Å². The lowest BCUT2D eigenvalue weighted by atomic mass is 9.88. The van der Waals surface area contributed by atoms with Gasteiger partial charge in [0.25, 0.3) is 0 Å². The van der Waals surface area contributed by atoms with Gasteiger partial charge in [-0.1, -0.05) is 39.0 Å². The number of nitrogens with one attached hydrogen (secondary N) is 2. The molecule has 194 valence electrons. The van der Waals surface area contributed by atoms with Gasteiger partial charge in [-0.15, -0.1) is 0 Å². The van der Waals surface area contributed by atoms with Crippen LogP contribution in [0.25, 0.3) is 0 Å². The Morgan fingerprint density at radius 2 is 1.49 bits per heavy atom. The summed E-state index contributed by atoms with van der Waals surface area (Å²) in [6.45, 7) is 7.78. The normalized spacial score (nSPS) is 15.2. The van der Waals surface area contributed by atoms with Crippen molar-refractivity contribution in [3.8, 4) is 11.5 Å². The number of carbonyl (C=O) groups is 2. The second-order valence-electron chi connectivity index (χ2n) is 10.1. The Hall–Kier alpha value is -4.00. The molecule has 0 aromatic heterocycles. The Bertz CT molecular complexity index is 1190. The number of urea groups is 1. The van der Waals surface area contributed by atoms with Crippen LogP contribution in [-0.2, 0) is 4.79 Å². The molecular formula is C30H36N4O3. The smallest absolute Gasteiger partial charge is 0.323 e. The molecule has 3 aromatic rings. The van der Waals surface area contributed by atoms with Gasteiger partial charge in [0.05, 0.1) is 6.04 Å². The zero-order valence-electron chi connectivity index (χ0n) is 22.0. The summed E-state index contributed by atoms with van der Waals surface area (Å²) in [7, 11) is 1.92. The van der Waals surface area contributed by atoms with E-state index in [9.17, 15) is 9.59 Å². The van der Waals surface area contributed by atoms with E-state index >= 15 is 0 Å². The maximum absolute atomic E-state index is 12.9. The molecule has 0 radical (unpaired) electrons. The fraction of sp³-hybridized carbons (Fsp3) is 0.333. The van der Waals surface area contributed by atoms with Crippen molar-refractivity contribution in [1.82, 2.24) is 4.90 Å². The molecule has 1 heterocycles. The van der Waals surface area contributed by atoms with Gasteiger partial charge >= 0.3 is 6.03 Å². The van der Waals surface area contributed by atoms with Crippen molar-refractivity contribution in [2.24, 2.45) is 5.41 Å². The van der Waals surface area contributed by atoms with Gasteiger partial charge in [-0.25, -0.2) is 4.79 Å². The van der Waals surface area contributed by atoms with E-state index in [-0.39, 0.29) is 23.4 Å². The molecular weight excluding hydrogens is 464 g/mol. The van der Waals surface area contributed by atoms with Crippen molar-refractivity contribution in [3.63, 3.8) is 0 Å². The number of nitrogens with zero attached hydrogens (tertiary/aromatic N) is 2. The fourth-order valence-corrected chi connectivity index (χ4v) is 4.37. The molecule has 37 heavy (non-hydrogen) atoms. The van der Waals surface area contributed by atoms with E-state index in [4.69, 9.17) is 4.74 Å². The second kappa shape index (κ2) is 11.4. The zero-order chi connectivity index (χ0) is 26.4. The highest BCUT2D eigenvalue weighted by Crippen LogP contribution is 2.28. The summed E-state index contributed by atoms with van der Waals surface area (Å²) in [5.41, 5.74) is 2.12. The summed E-state index contributed by atoms with van der Waals surface area (Å²) in [6.07, 6.45) is 1.77. The highest BCUT2D eigenvalue weighted by Gasteiger charge is 2.35. The molecule has 3 aromatic carbocycles. The van der Waals surface area contributed by atoms with E-state index in [0.29, 0.717) is 17.1 Å². The van der Waals surface area contributed by atoms with Gasteiger partial charge in [-0.05, 0) is 73.5 Å². The van der Waals surface area contributed by atoms with E-state index < -0.39 is 0 Å². The van der Waals surface area contributed by atoms with Crippen molar-refractivity contribution >= 4 is 29.0 Å². The number of hydrogen-bond acceptors (Lipinski definition) is 4. The predicted molar refractivity (Wildman–Crippen MR) is 150 cm³/mol. The first-order chi connectivity index (χ1) is 17.7. The van der Waals surface area contributed by atoms with E-state index in [1.807, 2.05) is 92.5 Å². The van der Waals surface area contributed by atoms with Crippen LogP contribution in [0.5, 0.6) is 11.5 Å². The third-order valence-electron chi connectivity index (χ3n) is 7.08. The predicted octanol–water partition coefficient (Wildman–Crippen LogP) is 6.60. The number of benzene rings is 3. The van der Waals surface area contributed by atoms with E-state index in [2.05, 4.69) is 22.5 Å². The van der Waals surface area contributed by atoms with Crippen LogP contribution in [0, 0.1) is 5.41 Å². The molecule has 0 spiro atoms. The van der Waals surface area contributed by atoms with Crippen molar-refractivity contribution in [2.75, 3.05) is 35.7 Å². The first-order valence-electron chi connectivity index (χ1n) is 12.8. The van der Waals surface area contributed by atoms with Crippen LogP contribution in [0.3, 0.4) is 0 Å². The molecule has 3 amide bonds. The Morgan fingerprint density at radius 1 is 0.919 bits per heavy atom. The summed E-state index contributed by atoms with van der Waals surface area (Å²) >= 11 is 0. The minimum atomic E-state index is -0.339. The van der Waals surface area contributed by atoms with Crippen LogP contribution in [0.1, 0.15) is 33.6 Å². The molecule has 0 aliphatic carbocycles. The number of amides is 3. The Labute approximate surface area is 219 Å². The van der Waals surface area contributed by atoms with Gasteiger partial charge in [0, 0.05) is 42.6 Å². The number of ether oxygens (including phenoxy) is 1. The van der Waals surface area contributed by atoms with Crippen molar-refractivity contribution in [2.45, 2.75) is 39.7 Å². The molecule has 1 aliphatic rings. The van der Waals surface area contributed by atoms with Crippen LogP contribution < -0.4 is 20.3 Å². The van der Waals surface area contributed by atoms with Crippen molar-refractivity contribution < 1.29 is 14.3 Å². The molecule has 0 saturated carbocycles. The van der Waals surface area contributed by atoms with Gasteiger partial charge in [-0.2, -0.15) is 0 Å². The average molecular weight is 501 g/mol. The molecule has 0 bridgehead atoms. The Balaban J connectivity index is 1.27. The van der Waals surface area contributed by atoms with Crippen molar-refractivity contribution in [1.29, 1.82) is 0 Å².